The second-order valence-electron chi connectivity index (χ2n) is 4.53. The molecule has 86 valence electrons. The van der Waals surface area contributed by atoms with Gasteiger partial charge in [0.25, 0.3) is 0 Å². The summed E-state index contributed by atoms with van der Waals surface area (Å²) in [6.07, 6.45) is 0. The first-order valence-electron chi connectivity index (χ1n) is 4.73. The SMILES string of the molecule is CC(C)(C)OCCOC(C)(CCl)CBr. The van der Waals surface area contributed by atoms with E-state index in [4.69, 9.17) is 21.1 Å². The summed E-state index contributed by atoms with van der Waals surface area (Å²) in [6.45, 7) is 9.23. The highest BCUT2D eigenvalue weighted by molar-refractivity contribution is 9.09. The first-order chi connectivity index (χ1) is 6.33. The Morgan fingerprint density at radius 2 is 1.57 bits per heavy atom. The molecule has 0 fully saturated rings. The van der Waals surface area contributed by atoms with Crippen LogP contribution in [-0.2, 0) is 9.47 Å². The quantitative estimate of drug-likeness (QED) is 0.552. The Kier molecular flexibility index (Phi) is 6.62. The molecular weight excluding hydrogens is 267 g/mol. The van der Waals surface area contributed by atoms with Gasteiger partial charge in [-0.25, -0.2) is 0 Å². The van der Waals surface area contributed by atoms with E-state index in [-0.39, 0.29) is 11.2 Å². The van der Waals surface area contributed by atoms with Gasteiger partial charge in [-0.2, -0.15) is 0 Å². The number of alkyl halides is 2. The summed E-state index contributed by atoms with van der Waals surface area (Å²) in [4.78, 5) is 0. The Labute approximate surface area is 100 Å². The van der Waals surface area contributed by atoms with E-state index in [0.717, 1.165) is 5.33 Å². The zero-order chi connectivity index (χ0) is 11.2. The molecule has 14 heavy (non-hydrogen) atoms. The predicted octanol–water partition coefficient (Wildman–Crippen LogP) is 3.21. The minimum absolute atomic E-state index is 0.102. The maximum Gasteiger partial charge on any atom is 0.0886 e. The lowest BCUT2D eigenvalue weighted by Crippen LogP contribution is -2.35. The summed E-state index contributed by atoms with van der Waals surface area (Å²) in [5.74, 6) is 0.480. The molecule has 0 bridgehead atoms. The van der Waals surface area contributed by atoms with Gasteiger partial charge in [0, 0.05) is 5.33 Å². The molecule has 0 saturated heterocycles. The van der Waals surface area contributed by atoms with Crippen molar-refractivity contribution >= 4 is 27.5 Å². The second-order valence-corrected chi connectivity index (χ2v) is 5.35. The molecule has 0 aromatic rings. The Morgan fingerprint density at radius 1 is 1.07 bits per heavy atom. The Morgan fingerprint density at radius 3 is 1.93 bits per heavy atom. The fourth-order valence-electron chi connectivity index (χ4n) is 0.749. The van der Waals surface area contributed by atoms with Crippen LogP contribution in [0.1, 0.15) is 27.7 Å². The molecular formula is C10H20BrClO2. The van der Waals surface area contributed by atoms with Gasteiger partial charge < -0.3 is 9.47 Å². The average Bonchev–Trinajstić information content (AvgIpc) is 2.11. The molecule has 0 spiro atoms. The Balaban J connectivity index is 3.63. The summed E-state index contributed by atoms with van der Waals surface area (Å²) in [5.41, 5.74) is -0.391. The normalized spacial score (nSPS) is 16.7. The summed E-state index contributed by atoms with van der Waals surface area (Å²) in [5, 5.41) is 0.735. The molecule has 2 nitrogen and oxygen atoms in total. The van der Waals surface area contributed by atoms with E-state index in [1.807, 2.05) is 27.7 Å². The Bertz CT molecular complexity index is 153. The van der Waals surface area contributed by atoms with E-state index in [1.54, 1.807) is 0 Å². The number of rotatable bonds is 6. The van der Waals surface area contributed by atoms with Crippen LogP contribution in [0.25, 0.3) is 0 Å². The predicted molar refractivity (Wildman–Crippen MR) is 64.6 cm³/mol. The van der Waals surface area contributed by atoms with Crippen molar-refractivity contribution in [1.29, 1.82) is 0 Å². The lowest BCUT2D eigenvalue weighted by molar-refractivity contribution is -0.0688. The maximum absolute atomic E-state index is 5.78. The van der Waals surface area contributed by atoms with Crippen LogP contribution in [0.5, 0.6) is 0 Å². The van der Waals surface area contributed by atoms with Gasteiger partial charge in [-0.1, -0.05) is 15.9 Å². The van der Waals surface area contributed by atoms with E-state index < -0.39 is 0 Å². The van der Waals surface area contributed by atoms with Gasteiger partial charge in [0.2, 0.25) is 0 Å². The molecule has 0 aliphatic carbocycles. The highest BCUT2D eigenvalue weighted by atomic mass is 79.9. The van der Waals surface area contributed by atoms with Gasteiger partial charge in [-0.3, -0.25) is 0 Å². The fraction of sp³-hybridized carbons (Fsp3) is 1.00. The van der Waals surface area contributed by atoms with Gasteiger partial charge in [0.15, 0.2) is 0 Å². The molecule has 1 atom stereocenters. The van der Waals surface area contributed by atoms with Crippen LogP contribution >= 0.6 is 27.5 Å². The molecule has 0 radical (unpaired) electrons. The second kappa shape index (κ2) is 6.31. The van der Waals surface area contributed by atoms with Crippen molar-refractivity contribution in [3.63, 3.8) is 0 Å². The van der Waals surface area contributed by atoms with E-state index in [1.165, 1.54) is 0 Å². The van der Waals surface area contributed by atoms with Crippen LogP contribution in [0.2, 0.25) is 0 Å². The lowest BCUT2D eigenvalue weighted by atomic mass is 10.2. The van der Waals surface area contributed by atoms with Gasteiger partial charge in [0.1, 0.15) is 0 Å². The lowest BCUT2D eigenvalue weighted by Gasteiger charge is -2.26. The monoisotopic (exact) mass is 286 g/mol. The zero-order valence-corrected chi connectivity index (χ0v) is 11.7. The molecule has 0 N–H and O–H groups in total. The van der Waals surface area contributed by atoms with Gasteiger partial charge >= 0.3 is 0 Å². The van der Waals surface area contributed by atoms with Crippen molar-refractivity contribution in [2.45, 2.75) is 38.9 Å². The third-order valence-electron chi connectivity index (χ3n) is 1.63. The minimum Gasteiger partial charge on any atom is -0.373 e. The number of hydrogen-bond acceptors (Lipinski definition) is 2. The molecule has 0 saturated carbocycles. The topological polar surface area (TPSA) is 18.5 Å². The zero-order valence-electron chi connectivity index (χ0n) is 9.40. The van der Waals surface area contributed by atoms with Gasteiger partial charge in [-0.15, -0.1) is 11.6 Å². The summed E-state index contributed by atoms with van der Waals surface area (Å²) in [7, 11) is 0. The van der Waals surface area contributed by atoms with E-state index in [0.29, 0.717) is 19.1 Å². The molecule has 0 aliphatic rings. The molecule has 1 unspecified atom stereocenters. The first kappa shape index (κ1) is 14.7. The minimum atomic E-state index is -0.289. The van der Waals surface area contributed by atoms with Gasteiger partial charge in [-0.05, 0) is 27.7 Å². The van der Waals surface area contributed by atoms with Crippen LogP contribution < -0.4 is 0 Å². The third-order valence-corrected chi connectivity index (χ3v) is 3.39. The Hall–Kier alpha value is 0.690. The number of ether oxygens (including phenoxy) is 2. The van der Waals surface area contributed by atoms with Crippen molar-refractivity contribution in [2.24, 2.45) is 0 Å². The van der Waals surface area contributed by atoms with E-state index in [9.17, 15) is 0 Å². The summed E-state index contributed by atoms with van der Waals surface area (Å²) < 4.78 is 11.1. The molecule has 0 rings (SSSR count). The van der Waals surface area contributed by atoms with Crippen molar-refractivity contribution in [3.05, 3.63) is 0 Å². The number of hydrogen-bond donors (Lipinski definition) is 0. The largest absolute Gasteiger partial charge is 0.373 e. The molecule has 0 heterocycles. The molecule has 0 aromatic carbocycles. The summed E-state index contributed by atoms with van der Waals surface area (Å²) in [6, 6.07) is 0. The molecule has 4 heteroatoms. The maximum atomic E-state index is 5.78. The standard InChI is InChI=1S/C10H20BrClO2/c1-9(2,3)13-5-6-14-10(4,7-11)8-12/h5-8H2,1-4H3. The molecule has 0 amide bonds. The van der Waals surface area contributed by atoms with E-state index in [2.05, 4.69) is 15.9 Å². The highest BCUT2D eigenvalue weighted by Crippen LogP contribution is 2.16. The van der Waals surface area contributed by atoms with Gasteiger partial charge in [0.05, 0.1) is 30.3 Å². The van der Waals surface area contributed by atoms with Crippen molar-refractivity contribution in [2.75, 3.05) is 24.4 Å². The molecule has 0 aliphatic heterocycles. The van der Waals surface area contributed by atoms with Crippen LogP contribution in [0.4, 0.5) is 0 Å². The fourth-order valence-corrected chi connectivity index (χ4v) is 1.51. The van der Waals surface area contributed by atoms with Crippen molar-refractivity contribution in [3.8, 4) is 0 Å². The van der Waals surface area contributed by atoms with Crippen LogP contribution in [0.15, 0.2) is 0 Å². The first-order valence-corrected chi connectivity index (χ1v) is 6.38. The van der Waals surface area contributed by atoms with E-state index >= 15 is 0 Å². The van der Waals surface area contributed by atoms with Crippen LogP contribution in [-0.4, -0.2) is 35.6 Å². The highest BCUT2D eigenvalue weighted by Gasteiger charge is 2.22. The molecule has 0 aromatic heterocycles. The summed E-state index contributed by atoms with van der Waals surface area (Å²) >= 11 is 9.16. The van der Waals surface area contributed by atoms with Crippen LogP contribution in [0, 0.1) is 0 Å². The van der Waals surface area contributed by atoms with Crippen molar-refractivity contribution in [1.82, 2.24) is 0 Å². The smallest absolute Gasteiger partial charge is 0.0886 e. The number of halogens is 2. The third kappa shape index (κ3) is 7.04. The average molecular weight is 288 g/mol. The van der Waals surface area contributed by atoms with Crippen molar-refractivity contribution < 1.29 is 9.47 Å². The van der Waals surface area contributed by atoms with Crippen LogP contribution in [0.3, 0.4) is 0 Å².